The number of carbonyl (C=O) groups excluding carboxylic acids is 1. The van der Waals surface area contributed by atoms with E-state index in [4.69, 9.17) is 20.9 Å². The molecule has 7 heteroatoms. The third kappa shape index (κ3) is 4.36. The van der Waals surface area contributed by atoms with E-state index in [1.807, 2.05) is 30.3 Å². The SMILES string of the molecule is C[C@@H](Oc1ccccc1Cl)C(=O)NCc1nc(-c2ccccc2)no1. The van der Waals surface area contributed by atoms with Gasteiger partial charge in [-0.15, -0.1) is 0 Å². The molecule has 3 rings (SSSR count). The summed E-state index contributed by atoms with van der Waals surface area (Å²) >= 11 is 6.02. The van der Waals surface area contributed by atoms with Gasteiger partial charge in [0, 0.05) is 5.56 Å². The average molecular weight is 358 g/mol. The van der Waals surface area contributed by atoms with E-state index in [1.165, 1.54) is 0 Å². The Hall–Kier alpha value is -2.86. The molecule has 0 bridgehead atoms. The molecule has 1 atom stereocenters. The van der Waals surface area contributed by atoms with Gasteiger partial charge in [-0.25, -0.2) is 0 Å². The normalized spacial score (nSPS) is 11.8. The monoisotopic (exact) mass is 357 g/mol. The molecule has 0 aliphatic rings. The summed E-state index contributed by atoms with van der Waals surface area (Å²) in [7, 11) is 0. The first-order valence-electron chi connectivity index (χ1n) is 7.70. The van der Waals surface area contributed by atoms with Crippen LogP contribution in [0.15, 0.2) is 59.1 Å². The third-order valence-electron chi connectivity index (χ3n) is 3.42. The van der Waals surface area contributed by atoms with Gasteiger partial charge in [0.1, 0.15) is 5.75 Å². The molecule has 0 aliphatic carbocycles. The van der Waals surface area contributed by atoms with Crippen molar-refractivity contribution in [3.63, 3.8) is 0 Å². The Balaban J connectivity index is 1.55. The highest BCUT2D eigenvalue weighted by Gasteiger charge is 2.17. The smallest absolute Gasteiger partial charge is 0.261 e. The van der Waals surface area contributed by atoms with Crippen molar-refractivity contribution in [1.29, 1.82) is 0 Å². The van der Waals surface area contributed by atoms with E-state index in [0.717, 1.165) is 5.56 Å². The van der Waals surface area contributed by atoms with Crippen LogP contribution in [0.5, 0.6) is 5.75 Å². The molecule has 0 unspecified atom stereocenters. The Morgan fingerprint density at radius 3 is 2.68 bits per heavy atom. The van der Waals surface area contributed by atoms with Crippen LogP contribution >= 0.6 is 11.6 Å². The third-order valence-corrected chi connectivity index (χ3v) is 3.74. The molecule has 1 amide bonds. The molecule has 0 radical (unpaired) electrons. The van der Waals surface area contributed by atoms with Gasteiger partial charge >= 0.3 is 0 Å². The minimum Gasteiger partial charge on any atom is -0.479 e. The van der Waals surface area contributed by atoms with Crippen LogP contribution in [0.2, 0.25) is 5.02 Å². The molecule has 0 fully saturated rings. The number of carbonyl (C=O) groups is 1. The number of amides is 1. The minimum atomic E-state index is -0.712. The van der Waals surface area contributed by atoms with Crippen molar-refractivity contribution >= 4 is 17.5 Å². The maximum atomic E-state index is 12.1. The van der Waals surface area contributed by atoms with Crippen LogP contribution < -0.4 is 10.1 Å². The second-order valence-electron chi connectivity index (χ2n) is 5.29. The molecule has 1 aromatic heterocycles. The fourth-order valence-corrected chi connectivity index (χ4v) is 2.30. The second-order valence-corrected chi connectivity index (χ2v) is 5.69. The van der Waals surface area contributed by atoms with Gasteiger partial charge in [0.2, 0.25) is 11.7 Å². The van der Waals surface area contributed by atoms with Gasteiger partial charge in [-0.3, -0.25) is 4.79 Å². The first kappa shape index (κ1) is 17.0. The maximum Gasteiger partial charge on any atom is 0.261 e. The van der Waals surface area contributed by atoms with Crippen LogP contribution in [0.1, 0.15) is 12.8 Å². The fourth-order valence-electron chi connectivity index (χ4n) is 2.12. The molecule has 0 saturated heterocycles. The van der Waals surface area contributed by atoms with Crippen LogP contribution in [0.3, 0.4) is 0 Å². The molecule has 2 aromatic carbocycles. The predicted octanol–water partition coefficient (Wildman–Crippen LogP) is 3.47. The van der Waals surface area contributed by atoms with Crippen molar-refractivity contribution in [2.24, 2.45) is 0 Å². The lowest BCUT2D eigenvalue weighted by atomic mass is 10.2. The zero-order valence-corrected chi connectivity index (χ0v) is 14.2. The van der Waals surface area contributed by atoms with Crippen LogP contribution in [0, 0.1) is 0 Å². The molecule has 6 nitrogen and oxygen atoms in total. The fraction of sp³-hybridized carbons (Fsp3) is 0.167. The number of aromatic nitrogens is 2. The summed E-state index contributed by atoms with van der Waals surface area (Å²) in [6.07, 6.45) is -0.712. The summed E-state index contributed by atoms with van der Waals surface area (Å²) in [6, 6.07) is 16.4. The Bertz CT molecular complexity index is 852. The molecule has 1 heterocycles. The standard InChI is InChI=1S/C18H16ClN3O3/c1-12(24-15-10-6-5-9-14(15)19)18(23)20-11-16-21-17(22-25-16)13-7-3-2-4-8-13/h2-10,12H,11H2,1H3,(H,20,23)/t12-/m1/s1. The van der Waals surface area contributed by atoms with Crippen LogP contribution in [0.4, 0.5) is 0 Å². The molecular formula is C18H16ClN3O3. The van der Waals surface area contributed by atoms with Gasteiger partial charge in [0.15, 0.2) is 6.10 Å². The summed E-state index contributed by atoms with van der Waals surface area (Å²) in [5.41, 5.74) is 0.847. The largest absolute Gasteiger partial charge is 0.479 e. The first-order chi connectivity index (χ1) is 12.1. The number of halogens is 1. The van der Waals surface area contributed by atoms with Crippen molar-refractivity contribution < 1.29 is 14.1 Å². The quantitative estimate of drug-likeness (QED) is 0.730. The molecule has 128 valence electrons. The minimum absolute atomic E-state index is 0.120. The van der Waals surface area contributed by atoms with E-state index in [9.17, 15) is 4.79 Å². The van der Waals surface area contributed by atoms with E-state index in [1.54, 1.807) is 31.2 Å². The molecule has 1 N–H and O–H groups in total. The number of nitrogens with one attached hydrogen (secondary N) is 1. The van der Waals surface area contributed by atoms with Gasteiger partial charge < -0.3 is 14.6 Å². The molecule has 25 heavy (non-hydrogen) atoms. The summed E-state index contributed by atoms with van der Waals surface area (Å²) in [5, 5.41) is 7.05. The van der Waals surface area contributed by atoms with Gasteiger partial charge in [0.25, 0.3) is 5.91 Å². The summed E-state index contributed by atoms with van der Waals surface area (Å²) < 4.78 is 10.7. The van der Waals surface area contributed by atoms with E-state index in [2.05, 4.69) is 15.5 Å². The number of benzene rings is 2. The Labute approximate surface area is 149 Å². The van der Waals surface area contributed by atoms with Crippen molar-refractivity contribution in [2.75, 3.05) is 0 Å². The number of ether oxygens (including phenoxy) is 1. The zero-order valence-electron chi connectivity index (χ0n) is 13.5. The van der Waals surface area contributed by atoms with Crippen molar-refractivity contribution in [3.05, 3.63) is 65.5 Å². The number of nitrogens with zero attached hydrogens (tertiary/aromatic N) is 2. The van der Waals surface area contributed by atoms with E-state index in [0.29, 0.717) is 22.5 Å². The van der Waals surface area contributed by atoms with Crippen molar-refractivity contribution in [3.8, 4) is 17.1 Å². The van der Waals surface area contributed by atoms with Gasteiger partial charge in [-0.1, -0.05) is 59.2 Å². The predicted molar refractivity (Wildman–Crippen MR) is 93.1 cm³/mol. The lowest BCUT2D eigenvalue weighted by Gasteiger charge is -2.14. The lowest BCUT2D eigenvalue weighted by molar-refractivity contribution is -0.127. The van der Waals surface area contributed by atoms with Crippen molar-refractivity contribution in [2.45, 2.75) is 19.6 Å². The van der Waals surface area contributed by atoms with Gasteiger partial charge in [-0.05, 0) is 19.1 Å². The number of rotatable bonds is 6. The number of hydrogen-bond acceptors (Lipinski definition) is 5. The molecular weight excluding hydrogens is 342 g/mol. The highest BCUT2D eigenvalue weighted by Crippen LogP contribution is 2.24. The molecule has 0 saturated carbocycles. The lowest BCUT2D eigenvalue weighted by Crippen LogP contribution is -2.36. The van der Waals surface area contributed by atoms with Crippen LogP contribution in [0.25, 0.3) is 11.4 Å². The van der Waals surface area contributed by atoms with Gasteiger partial charge in [0.05, 0.1) is 11.6 Å². The summed E-state index contributed by atoms with van der Waals surface area (Å²) in [5.74, 6) is 0.942. The molecule has 3 aromatic rings. The Morgan fingerprint density at radius 2 is 1.92 bits per heavy atom. The Morgan fingerprint density at radius 1 is 1.20 bits per heavy atom. The van der Waals surface area contributed by atoms with E-state index >= 15 is 0 Å². The molecule has 0 aliphatic heterocycles. The maximum absolute atomic E-state index is 12.1. The van der Waals surface area contributed by atoms with Crippen LogP contribution in [-0.4, -0.2) is 22.2 Å². The van der Waals surface area contributed by atoms with E-state index in [-0.39, 0.29) is 12.5 Å². The van der Waals surface area contributed by atoms with Crippen molar-refractivity contribution in [1.82, 2.24) is 15.5 Å². The number of hydrogen-bond donors (Lipinski definition) is 1. The second kappa shape index (κ2) is 7.81. The zero-order chi connectivity index (χ0) is 17.6. The highest BCUT2D eigenvalue weighted by molar-refractivity contribution is 6.32. The topological polar surface area (TPSA) is 77.2 Å². The Kier molecular flexibility index (Phi) is 5.30. The first-order valence-corrected chi connectivity index (χ1v) is 8.08. The molecule has 0 spiro atoms. The number of para-hydroxylation sites is 1. The van der Waals surface area contributed by atoms with Crippen LogP contribution in [-0.2, 0) is 11.3 Å². The summed E-state index contributed by atoms with van der Waals surface area (Å²) in [6.45, 7) is 1.76. The average Bonchev–Trinajstić information content (AvgIpc) is 3.11. The van der Waals surface area contributed by atoms with E-state index < -0.39 is 6.10 Å². The summed E-state index contributed by atoms with van der Waals surface area (Å²) in [4.78, 5) is 16.4. The van der Waals surface area contributed by atoms with Gasteiger partial charge in [-0.2, -0.15) is 4.98 Å². The highest BCUT2D eigenvalue weighted by atomic mass is 35.5.